The number of hydrogen-bond donors (Lipinski definition) is 4. The standard InChI is InChI=1S/C13H14N2O6/c16-5-10-11(17)12(18)13(21-10)8-4-14-9-3-6(15(19)20)1-2-7(8)9/h1-4,10-14,16-18H,5H2/t10-,11-,12-,13?/m1/s1. The van der Waals surface area contributed by atoms with E-state index in [9.17, 15) is 20.3 Å². The van der Waals surface area contributed by atoms with Gasteiger partial charge in [0.1, 0.15) is 24.4 Å². The molecule has 0 radical (unpaired) electrons. The smallest absolute Gasteiger partial charge is 0.271 e. The third-order valence-corrected chi connectivity index (χ3v) is 3.76. The van der Waals surface area contributed by atoms with Crippen LogP contribution in [0.25, 0.3) is 10.9 Å². The molecule has 1 fully saturated rings. The van der Waals surface area contributed by atoms with Crippen molar-refractivity contribution in [2.24, 2.45) is 0 Å². The number of H-pyrrole nitrogens is 1. The van der Waals surface area contributed by atoms with E-state index in [-0.39, 0.29) is 5.69 Å². The van der Waals surface area contributed by atoms with Crippen LogP contribution in [0, 0.1) is 10.1 Å². The van der Waals surface area contributed by atoms with Gasteiger partial charge in [-0.05, 0) is 6.07 Å². The molecule has 1 aliphatic heterocycles. The van der Waals surface area contributed by atoms with Crippen molar-refractivity contribution in [2.75, 3.05) is 6.61 Å². The molecule has 8 nitrogen and oxygen atoms in total. The van der Waals surface area contributed by atoms with Gasteiger partial charge in [-0.2, -0.15) is 0 Å². The zero-order valence-electron chi connectivity index (χ0n) is 10.8. The summed E-state index contributed by atoms with van der Waals surface area (Å²) in [5.74, 6) is 0. The second kappa shape index (κ2) is 5.08. The van der Waals surface area contributed by atoms with E-state index >= 15 is 0 Å². The van der Waals surface area contributed by atoms with Crippen molar-refractivity contribution in [3.05, 3.63) is 40.1 Å². The van der Waals surface area contributed by atoms with Gasteiger partial charge in [0.2, 0.25) is 0 Å². The number of nitro benzene ring substituents is 1. The molecule has 2 aromatic rings. The Bertz CT molecular complexity index is 684. The van der Waals surface area contributed by atoms with Gasteiger partial charge < -0.3 is 25.0 Å². The lowest BCUT2D eigenvalue weighted by molar-refractivity contribution is -0.384. The van der Waals surface area contributed by atoms with Crippen LogP contribution >= 0.6 is 0 Å². The van der Waals surface area contributed by atoms with E-state index in [2.05, 4.69) is 4.98 Å². The Balaban J connectivity index is 2.00. The van der Waals surface area contributed by atoms with Gasteiger partial charge in [-0.1, -0.05) is 0 Å². The Labute approximate surface area is 118 Å². The molecule has 21 heavy (non-hydrogen) atoms. The maximum atomic E-state index is 10.8. The molecule has 2 heterocycles. The number of hydrogen-bond acceptors (Lipinski definition) is 6. The second-order valence-corrected chi connectivity index (χ2v) is 4.99. The van der Waals surface area contributed by atoms with E-state index in [1.807, 2.05) is 0 Å². The Morgan fingerprint density at radius 1 is 1.33 bits per heavy atom. The molecule has 1 aromatic heterocycles. The Kier molecular flexibility index (Phi) is 3.38. The van der Waals surface area contributed by atoms with Crippen LogP contribution in [0.4, 0.5) is 5.69 Å². The number of rotatable bonds is 3. The van der Waals surface area contributed by atoms with Gasteiger partial charge in [-0.3, -0.25) is 10.1 Å². The minimum atomic E-state index is -1.18. The van der Waals surface area contributed by atoms with Gasteiger partial charge in [0.25, 0.3) is 5.69 Å². The number of aliphatic hydroxyl groups is 3. The highest BCUT2D eigenvalue weighted by Gasteiger charge is 2.43. The van der Waals surface area contributed by atoms with Crippen molar-refractivity contribution < 1.29 is 25.0 Å². The molecule has 0 bridgehead atoms. The van der Waals surface area contributed by atoms with Gasteiger partial charge in [-0.15, -0.1) is 0 Å². The largest absolute Gasteiger partial charge is 0.394 e. The molecule has 0 amide bonds. The van der Waals surface area contributed by atoms with Crippen molar-refractivity contribution in [1.29, 1.82) is 0 Å². The summed E-state index contributed by atoms with van der Waals surface area (Å²) in [5, 5.41) is 40.3. The number of aromatic amines is 1. The van der Waals surface area contributed by atoms with E-state index in [0.29, 0.717) is 16.5 Å². The van der Waals surface area contributed by atoms with E-state index in [4.69, 9.17) is 9.84 Å². The summed E-state index contributed by atoms with van der Waals surface area (Å²) in [7, 11) is 0. The SMILES string of the molecule is O=[N+]([O-])c1ccc2c(C3O[C@H](CO)[C@@H](O)[C@H]3O)c[nH]c2c1. The molecule has 1 aliphatic rings. The molecular weight excluding hydrogens is 280 g/mol. The summed E-state index contributed by atoms with van der Waals surface area (Å²) in [5.41, 5.74) is 1.08. The van der Waals surface area contributed by atoms with Gasteiger partial charge in [-0.25, -0.2) is 0 Å². The van der Waals surface area contributed by atoms with Gasteiger partial charge in [0.15, 0.2) is 0 Å². The average Bonchev–Trinajstić information content (AvgIpc) is 3.01. The van der Waals surface area contributed by atoms with Gasteiger partial charge >= 0.3 is 0 Å². The number of aromatic nitrogens is 1. The van der Waals surface area contributed by atoms with Crippen LogP contribution in [-0.4, -0.2) is 50.1 Å². The molecule has 4 atom stereocenters. The van der Waals surface area contributed by atoms with E-state index in [1.165, 1.54) is 12.1 Å². The lowest BCUT2D eigenvalue weighted by Crippen LogP contribution is -2.32. The third kappa shape index (κ3) is 2.18. The minimum absolute atomic E-state index is 0.0444. The number of nitro groups is 1. The zero-order valence-corrected chi connectivity index (χ0v) is 10.8. The first-order valence-corrected chi connectivity index (χ1v) is 6.41. The fraction of sp³-hybridized carbons (Fsp3) is 0.385. The van der Waals surface area contributed by atoms with E-state index in [1.54, 1.807) is 12.3 Å². The van der Waals surface area contributed by atoms with E-state index < -0.39 is 35.9 Å². The molecule has 4 N–H and O–H groups in total. The molecular formula is C13H14N2O6. The second-order valence-electron chi connectivity index (χ2n) is 4.99. The first kappa shape index (κ1) is 14.0. The van der Waals surface area contributed by atoms with Crippen LogP contribution in [0.1, 0.15) is 11.7 Å². The number of fused-ring (bicyclic) bond motifs is 1. The van der Waals surface area contributed by atoms with Crippen molar-refractivity contribution in [3.63, 3.8) is 0 Å². The van der Waals surface area contributed by atoms with E-state index in [0.717, 1.165) is 0 Å². The first-order valence-electron chi connectivity index (χ1n) is 6.41. The number of nitrogens with one attached hydrogen (secondary N) is 1. The normalized spacial score (nSPS) is 29.1. The van der Waals surface area contributed by atoms with Crippen molar-refractivity contribution in [2.45, 2.75) is 24.4 Å². The number of benzene rings is 1. The van der Waals surface area contributed by atoms with Crippen LogP contribution in [0.5, 0.6) is 0 Å². The van der Waals surface area contributed by atoms with Crippen LogP contribution in [0.3, 0.4) is 0 Å². The molecule has 1 saturated heterocycles. The summed E-state index contributed by atoms with van der Waals surface area (Å²) < 4.78 is 5.46. The summed E-state index contributed by atoms with van der Waals surface area (Å²) in [4.78, 5) is 13.1. The predicted molar refractivity (Wildman–Crippen MR) is 71.7 cm³/mol. The number of non-ortho nitro benzene ring substituents is 1. The highest BCUT2D eigenvalue weighted by atomic mass is 16.6. The Morgan fingerprint density at radius 3 is 2.71 bits per heavy atom. The van der Waals surface area contributed by atoms with Crippen molar-refractivity contribution in [1.82, 2.24) is 4.98 Å². The highest BCUT2D eigenvalue weighted by molar-refractivity contribution is 5.85. The quantitative estimate of drug-likeness (QED) is 0.474. The molecule has 8 heteroatoms. The fourth-order valence-corrected chi connectivity index (χ4v) is 2.64. The van der Waals surface area contributed by atoms with Crippen LogP contribution in [-0.2, 0) is 4.74 Å². The Morgan fingerprint density at radius 2 is 2.10 bits per heavy atom. The molecule has 0 aliphatic carbocycles. The molecule has 112 valence electrons. The summed E-state index contributed by atoms with van der Waals surface area (Å²) in [6.45, 7) is -0.400. The lowest BCUT2D eigenvalue weighted by atomic mass is 10.0. The summed E-state index contributed by atoms with van der Waals surface area (Å²) in [6, 6.07) is 4.31. The maximum Gasteiger partial charge on any atom is 0.271 e. The predicted octanol–water partition coefficient (Wildman–Crippen LogP) is 0.230. The highest BCUT2D eigenvalue weighted by Crippen LogP contribution is 2.37. The molecule has 1 unspecified atom stereocenters. The Hall–Kier alpha value is -2.00. The first-order chi connectivity index (χ1) is 10.0. The number of nitrogens with zero attached hydrogens (tertiary/aromatic N) is 1. The monoisotopic (exact) mass is 294 g/mol. The number of ether oxygens (including phenoxy) is 1. The molecule has 0 spiro atoms. The van der Waals surface area contributed by atoms with Gasteiger partial charge in [0, 0.05) is 29.3 Å². The van der Waals surface area contributed by atoms with Crippen molar-refractivity contribution >= 4 is 16.6 Å². The third-order valence-electron chi connectivity index (χ3n) is 3.76. The van der Waals surface area contributed by atoms with Crippen LogP contribution < -0.4 is 0 Å². The van der Waals surface area contributed by atoms with Crippen molar-refractivity contribution in [3.8, 4) is 0 Å². The summed E-state index contributed by atoms with van der Waals surface area (Å²) >= 11 is 0. The fourth-order valence-electron chi connectivity index (χ4n) is 2.64. The van der Waals surface area contributed by atoms with Crippen LogP contribution in [0.2, 0.25) is 0 Å². The summed E-state index contributed by atoms with van der Waals surface area (Å²) in [6.07, 6.45) is -2.42. The van der Waals surface area contributed by atoms with Crippen LogP contribution in [0.15, 0.2) is 24.4 Å². The lowest BCUT2D eigenvalue weighted by Gasteiger charge is -2.13. The zero-order chi connectivity index (χ0) is 15.1. The average molecular weight is 294 g/mol. The molecule has 3 rings (SSSR count). The topological polar surface area (TPSA) is 129 Å². The number of aliphatic hydroxyl groups excluding tert-OH is 3. The molecule has 0 saturated carbocycles. The van der Waals surface area contributed by atoms with Gasteiger partial charge in [0.05, 0.1) is 17.0 Å². The minimum Gasteiger partial charge on any atom is -0.394 e. The maximum absolute atomic E-state index is 10.8. The molecule has 1 aromatic carbocycles.